The van der Waals surface area contributed by atoms with Gasteiger partial charge in [0.05, 0.1) is 5.39 Å². The van der Waals surface area contributed by atoms with Crippen molar-refractivity contribution in [2.75, 3.05) is 0 Å². The van der Waals surface area contributed by atoms with E-state index < -0.39 is 11.6 Å². The van der Waals surface area contributed by atoms with Crippen LogP contribution in [0.4, 0.5) is 0 Å². The summed E-state index contributed by atoms with van der Waals surface area (Å²) in [5, 5.41) is 9.48. The fourth-order valence-electron chi connectivity index (χ4n) is 2.60. The van der Waals surface area contributed by atoms with Gasteiger partial charge < -0.3 is 19.0 Å². The molecule has 0 radical (unpaired) electrons. The summed E-state index contributed by atoms with van der Waals surface area (Å²) >= 11 is 0. The second-order valence-electron chi connectivity index (χ2n) is 6.88. The Labute approximate surface area is 156 Å². The fourth-order valence-corrected chi connectivity index (χ4v) is 2.60. The van der Waals surface area contributed by atoms with E-state index in [1.165, 1.54) is 38.3 Å². The summed E-state index contributed by atoms with van der Waals surface area (Å²) < 4.78 is 16.7. The van der Waals surface area contributed by atoms with E-state index in [0.29, 0.717) is 16.9 Å². The first-order chi connectivity index (χ1) is 12.7. The zero-order valence-corrected chi connectivity index (χ0v) is 15.5. The van der Waals surface area contributed by atoms with Crippen molar-refractivity contribution in [3.8, 4) is 17.2 Å². The molecule has 27 heavy (non-hydrogen) atoms. The summed E-state index contributed by atoms with van der Waals surface area (Å²) in [6, 6.07) is 10.2. The van der Waals surface area contributed by atoms with Crippen LogP contribution >= 0.6 is 0 Å². The van der Waals surface area contributed by atoms with Crippen molar-refractivity contribution < 1.29 is 23.8 Å². The maximum absolute atomic E-state index is 12.7. The molecule has 0 unspecified atom stereocenters. The van der Waals surface area contributed by atoms with Crippen LogP contribution in [0.15, 0.2) is 51.9 Å². The topological polar surface area (TPSA) is 86.0 Å². The molecule has 1 N–H and O–H groups in total. The standard InChI is InChI=1S/C21H20O6/c1-12-5-8-16(13(2)9-12)26-18-11-25-17-10-14(6-7-15(17)19(18)22)27-21(3,4)20(23)24/h5-11H,1-4H3,(H,23,24). The van der Waals surface area contributed by atoms with Gasteiger partial charge in [-0.3, -0.25) is 4.79 Å². The molecular weight excluding hydrogens is 348 g/mol. The van der Waals surface area contributed by atoms with Crippen molar-refractivity contribution in [1.29, 1.82) is 0 Å². The molecule has 0 amide bonds. The number of aryl methyl sites for hydroxylation is 2. The molecule has 1 heterocycles. The number of benzene rings is 2. The number of ether oxygens (including phenoxy) is 2. The first-order valence-corrected chi connectivity index (χ1v) is 8.40. The van der Waals surface area contributed by atoms with Crippen LogP contribution in [0.3, 0.4) is 0 Å². The van der Waals surface area contributed by atoms with Crippen molar-refractivity contribution in [3.05, 3.63) is 64.0 Å². The molecular formula is C21H20O6. The van der Waals surface area contributed by atoms with Gasteiger partial charge in [-0.1, -0.05) is 17.7 Å². The zero-order chi connectivity index (χ0) is 19.8. The lowest BCUT2D eigenvalue weighted by Crippen LogP contribution is -2.37. The molecule has 0 aliphatic rings. The molecule has 0 bridgehead atoms. The predicted molar refractivity (Wildman–Crippen MR) is 101 cm³/mol. The van der Waals surface area contributed by atoms with E-state index in [-0.39, 0.29) is 16.8 Å². The molecule has 0 aliphatic heterocycles. The monoisotopic (exact) mass is 368 g/mol. The van der Waals surface area contributed by atoms with Crippen LogP contribution in [0, 0.1) is 13.8 Å². The lowest BCUT2D eigenvalue weighted by atomic mass is 10.1. The molecule has 1 aromatic heterocycles. The second kappa shape index (κ2) is 6.79. The number of hydrogen-bond donors (Lipinski definition) is 1. The number of rotatable bonds is 5. The van der Waals surface area contributed by atoms with Crippen LogP contribution in [-0.4, -0.2) is 16.7 Å². The maximum Gasteiger partial charge on any atom is 0.347 e. The van der Waals surface area contributed by atoms with Crippen LogP contribution in [0.25, 0.3) is 11.0 Å². The van der Waals surface area contributed by atoms with Gasteiger partial charge in [0.15, 0.2) is 5.60 Å². The van der Waals surface area contributed by atoms with Gasteiger partial charge in [0.25, 0.3) is 0 Å². The van der Waals surface area contributed by atoms with Gasteiger partial charge >= 0.3 is 5.97 Å². The molecule has 6 heteroatoms. The van der Waals surface area contributed by atoms with Gasteiger partial charge in [-0.05, 0) is 51.5 Å². The summed E-state index contributed by atoms with van der Waals surface area (Å²) in [6.07, 6.45) is 1.25. The highest BCUT2D eigenvalue weighted by Crippen LogP contribution is 2.27. The van der Waals surface area contributed by atoms with Gasteiger partial charge in [-0.25, -0.2) is 4.79 Å². The normalized spacial score (nSPS) is 11.4. The van der Waals surface area contributed by atoms with Crippen LogP contribution in [0.5, 0.6) is 17.2 Å². The summed E-state index contributed by atoms with van der Waals surface area (Å²) in [7, 11) is 0. The third-order valence-electron chi connectivity index (χ3n) is 4.15. The molecule has 0 saturated carbocycles. The number of fused-ring (bicyclic) bond motifs is 1. The average molecular weight is 368 g/mol. The van der Waals surface area contributed by atoms with E-state index in [4.69, 9.17) is 19.0 Å². The van der Waals surface area contributed by atoms with E-state index in [9.17, 15) is 9.59 Å². The van der Waals surface area contributed by atoms with Crippen molar-refractivity contribution >= 4 is 16.9 Å². The van der Waals surface area contributed by atoms with Crippen molar-refractivity contribution in [1.82, 2.24) is 0 Å². The van der Waals surface area contributed by atoms with Crippen LogP contribution < -0.4 is 14.9 Å². The highest BCUT2D eigenvalue weighted by molar-refractivity contribution is 5.80. The minimum Gasteiger partial charge on any atom is -0.478 e. The largest absolute Gasteiger partial charge is 0.478 e. The van der Waals surface area contributed by atoms with Crippen LogP contribution in [0.1, 0.15) is 25.0 Å². The maximum atomic E-state index is 12.7. The van der Waals surface area contributed by atoms with Gasteiger partial charge in [-0.15, -0.1) is 0 Å². The van der Waals surface area contributed by atoms with Crippen molar-refractivity contribution in [2.24, 2.45) is 0 Å². The Morgan fingerprint density at radius 3 is 2.48 bits per heavy atom. The SMILES string of the molecule is Cc1ccc(Oc2coc3cc(OC(C)(C)C(=O)O)ccc3c2=O)c(C)c1. The summed E-state index contributed by atoms with van der Waals surface area (Å²) in [6.45, 7) is 6.76. The molecule has 0 atom stereocenters. The Morgan fingerprint density at radius 2 is 1.81 bits per heavy atom. The number of aliphatic carboxylic acids is 1. The van der Waals surface area contributed by atoms with Gasteiger partial charge in [-0.2, -0.15) is 0 Å². The molecule has 0 saturated heterocycles. The van der Waals surface area contributed by atoms with Crippen molar-refractivity contribution in [2.45, 2.75) is 33.3 Å². The number of carboxylic acids is 1. The molecule has 6 nitrogen and oxygen atoms in total. The molecule has 0 aliphatic carbocycles. The quantitative estimate of drug-likeness (QED) is 0.716. The lowest BCUT2D eigenvalue weighted by molar-refractivity contribution is -0.152. The third-order valence-corrected chi connectivity index (χ3v) is 4.15. The lowest BCUT2D eigenvalue weighted by Gasteiger charge is -2.21. The van der Waals surface area contributed by atoms with Gasteiger partial charge in [0.2, 0.25) is 11.2 Å². The van der Waals surface area contributed by atoms with E-state index in [1.54, 1.807) is 6.07 Å². The number of hydrogen-bond acceptors (Lipinski definition) is 5. The predicted octanol–water partition coefficient (Wildman–Crippen LogP) is 4.44. The highest BCUT2D eigenvalue weighted by atomic mass is 16.5. The van der Waals surface area contributed by atoms with E-state index in [1.807, 2.05) is 26.0 Å². The summed E-state index contributed by atoms with van der Waals surface area (Å²) in [4.78, 5) is 23.9. The molecule has 0 fully saturated rings. The highest BCUT2D eigenvalue weighted by Gasteiger charge is 2.29. The Morgan fingerprint density at radius 1 is 1.07 bits per heavy atom. The van der Waals surface area contributed by atoms with Gasteiger partial charge in [0.1, 0.15) is 23.3 Å². The summed E-state index contributed by atoms with van der Waals surface area (Å²) in [5.74, 6) is -0.147. The molecule has 2 aromatic carbocycles. The molecule has 140 valence electrons. The Kier molecular flexibility index (Phi) is 4.66. The third kappa shape index (κ3) is 3.79. The Bertz CT molecular complexity index is 1080. The Balaban J connectivity index is 1.95. The fraction of sp³-hybridized carbons (Fsp3) is 0.238. The summed E-state index contributed by atoms with van der Waals surface area (Å²) in [5.41, 5.74) is 0.572. The molecule has 3 aromatic rings. The van der Waals surface area contributed by atoms with Crippen molar-refractivity contribution in [3.63, 3.8) is 0 Å². The molecule has 0 spiro atoms. The average Bonchev–Trinajstić information content (AvgIpc) is 2.59. The number of carboxylic acid groups (broad SMARTS) is 1. The van der Waals surface area contributed by atoms with Gasteiger partial charge in [0, 0.05) is 6.07 Å². The van der Waals surface area contributed by atoms with Crippen LogP contribution in [-0.2, 0) is 4.79 Å². The Hall–Kier alpha value is -3.28. The second-order valence-corrected chi connectivity index (χ2v) is 6.88. The van der Waals surface area contributed by atoms with E-state index in [2.05, 4.69) is 0 Å². The minimum absolute atomic E-state index is 0.0778. The zero-order valence-electron chi connectivity index (χ0n) is 15.5. The number of carbonyl (C=O) groups is 1. The minimum atomic E-state index is -1.40. The molecule has 3 rings (SSSR count). The van der Waals surface area contributed by atoms with Crippen LogP contribution in [0.2, 0.25) is 0 Å². The first-order valence-electron chi connectivity index (χ1n) is 8.40. The van der Waals surface area contributed by atoms with E-state index in [0.717, 1.165) is 11.1 Å². The first kappa shape index (κ1) is 18.5. The smallest absolute Gasteiger partial charge is 0.347 e. The van der Waals surface area contributed by atoms with E-state index >= 15 is 0 Å².